The van der Waals surface area contributed by atoms with E-state index in [1.54, 1.807) is 0 Å². The number of hydrogen-bond donors (Lipinski definition) is 2. The van der Waals surface area contributed by atoms with Crippen molar-refractivity contribution >= 4 is 22.8 Å². The molecule has 0 unspecified atom stereocenters. The van der Waals surface area contributed by atoms with Crippen molar-refractivity contribution < 1.29 is 24.9 Å². The van der Waals surface area contributed by atoms with Gasteiger partial charge in [-0.2, -0.15) is 0 Å². The molecule has 116 valence electrons. The van der Waals surface area contributed by atoms with Gasteiger partial charge in [-0.3, -0.25) is 25.0 Å². The Kier molecular flexibility index (Phi) is 4.84. The summed E-state index contributed by atoms with van der Waals surface area (Å²) in [5, 5.41) is 47.1. The summed E-state index contributed by atoms with van der Waals surface area (Å²) in [5.41, 5.74) is -2.65. The number of carbonyl (C=O) groups excluding carboxylic acids is 1. The van der Waals surface area contributed by atoms with Crippen molar-refractivity contribution in [3.63, 3.8) is 0 Å². The Balaban J connectivity index is 3.47. The number of ketones is 1. The van der Waals surface area contributed by atoms with Crippen LogP contribution in [-0.4, -0.2) is 25.8 Å². The third kappa shape index (κ3) is 3.59. The van der Waals surface area contributed by atoms with E-state index in [9.17, 15) is 35.2 Å². The average Bonchev–Trinajstić information content (AvgIpc) is 2.39. The first kappa shape index (κ1) is 16.7. The first-order chi connectivity index (χ1) is 10.1. The van der Waals surface area contributed by atoms with Crippen LogP contribution in [0.5, 0.6) is 5.75 Å². The van der Waals surface area contributed by atoms with Gasteiger partial charge in [-0.15, -0.1) is 10.2 Å². The summed E-state index contributed by atoms with van der Waals surface area (Å²) >= 11 is 0. The van der Waals surface area contributed by atoms with Crippen molar-refractivity contribution in [2.75, 3.05) is 0 Å². The number of non-ortho nitro benzene ring substituents is 1. The number of hydrogen-bond acceptors (Lipinski definition) is 9. The van der Waals surface area contributed by atoms with Crippen LogP contribution < -0.4 is 0 Å². The molecule has 0 radical (unpaired) electrons. The molecule has 0 bridgehead atoms. The molecule has 0 amide bonds. The Hall–Kier alpha value is -3.37. The maximum Gasteiger partial charge on any atom is 0.319 e. The van der Waals surface area contributed by atoms with E-state index in [1.165, 1.54) is 0 Å². The number of phenols is 1. The number of aliphatic hydroxyl groups excluding tert-OH is 1. The van der Waals surface area contributed by atoms with Crippen LogP contribution >= 0.6 is 0 Å². The fraction of sp³-hybridized carbons (Fsp3) is 0.182. The van der Waals surface area contributed by atoms with Gasteiger partial charge in [0.1, 0.15) is 11.4 Å². The van der Waals surface area contributed by atoms with Crippen molar-refractivity contribution in [2.45, 2.75) is 13.8 Å². The summed E-state index contributed by atoms with van der Waals surface area (Å²) in [6.07, 6.45) is 0. The van der Waals surface area contributed by atoms with Crippen molar-refractivity contribution in [2.24, 2.45) is 10.2 Å². The lowest BCUT2D eigenvalue weighted by Gasteiger charge is -2.01. The molecule has 0 aliphatic carbocycles. The lowest BCUT2D eigenvalue weighted by Crippen LogP contribution is -1.96. The number of nitrogens with zero attached hydrogens (tertiary/aromatic N) is 4. The molecule has 1 rings (SSSR count). The van der Waals surface area contributed by atoms with Crippen LogP contribution in [0.4, 0.5) is 17.1 Å². The number of azo groups is 1. The highest BCUT2D eigenvalue weighted by Gasteiger charge is 2.24. The number of aromatic hydroxyl groups is 1. The minimum atomic E-state index is -1.03. The Morgan fingerprint density at radius 1 is 1.18 bits per heavy atom. The predicted octanol–water partition coefficient (Wildman–Crippen LogP) is 2.67. The highest BCUT2D eigenvalue weighted by molar-refractivity contribution is 5.93. The van der Waals surface area contributed by atoms with Crippen molar-refractivity contribution in [1.82, 2.24) is 0 Å². The van der Waals surface area contributed by atoms with Gasteiger partial charge < -0.3 is 10.2 Å². The minimum Gasteiger partial charge on any atom is -0.510 e. The van der Waals surface area contributed by atoms with Gasteiger partial charge in [-0.05, 0) is 6.92 Å². The quantitative estimate of drug-likeness (QED) is 0.277. The second-order valence-corrected chi connectivity index (χ2v) is 4.04. The summed E-state index contributed by atoms with van der Waals surface area (Å²) in [6.45, 7) is 2.25. The van der Waals surface area contributed by atoms with E-state index in [0.717, 1.165) is 19.9 Å². The van der Waals surface area contributed by atoms with Gasteiger partial charge in [0.25, 0.3) is 5.69 Å². The SMILES string of the molecule is CC(=O)/C(N=Nc1cc([N+](=O)[O-])cc([N+](=O)[O-])c1O)=C(\C)O. The molecule has 0 saturated carbocycles. The van der Waals surface area contributed by atoms with Crippen LogP contribution in [-0.2, 0) is 4.79 Å². The molecule has 0 aliphatic rings. The summed E-state index contributed by atoms with van der Waals surface area (Å²) in [6, 6.07) is 1.31. The Morgan fingerprint density at radius 2 is 1.77 bits per heavy atom. The molecular weight excluding hydrogens is 300 g/mol. The zero-order valence-corrected chi connectivity index (χ0v) is 11.4. The predicted molar refractivity (Wildman–Crippen MR) is 71.9 cm³/mol. The lowest BCUT2D eigenvalue weighted by molar-refractivity contribution is -0.394. The molecule has 0 spiro atoms. The van der Waals surface area contributed by atoms with Gasteiger partial charge in [0.05, 0.1) is 15.9 Å². The lowest BCUT2D eigenvalue weighted by atomic mass is 10.2. The van der Waals surface area contributed by atoms with E-state index < -0.39 is 49.9 Å². The van der Waals surface area contributed by atoms with Gasteiger partial charge in [-0.25, -0.2) is 0 Å². The number of benzene rings is 1. The van der Waals surface area contributed by atoms with E-state index in [4.69, 9.17) is 0 Å². The molecule has 1 aromatic rings. The zero-order valence-electron chi connectivity index (χ0n) is 11.4. The molecular formula is C11H10N4O7. The minimum absolute atomic E-state index is 0.450. The molecule has 1 aromatic carbocycles. The number of aliphatic hydroxyl groups is 1. The van der Waals surface area contributed by atoms with Crippen molar-refractivity contribution in [3.8, 4) is 5.75 Å². The number of nitro benzene ring substituents is 2. The van der Waals surface area contributed by atoms with Gasteiger partial charge in [0.2, 0.25) is 5.75 Å². The zero-order chi connectivity index (χ0) is 17.0. The maximum atomic E-state index is 11.2. The van der Waals surface area contributed by atoms with Crippen LogP contribution in [0, 0.1) is 20.2 Å². The van der Waals surface area contributed by atoms with Crippen molar-refractivity contribution in [1.29, 1.82) is 0 Å². The Morgan fingerprint density at radius 3 is 2.18 bits per heavy atom. The number of rotatable bonds is 5. The summed E-state index contributed by atoms with van der Waals surface area (Å²) in [5.74, 6) is -2.06. The number of carbonyl (C=O) groups is 1. The van der Waals surface area contributed by atoms with Crippen LogP contribution in [0.25, 0.3) is 0 Å². The maximum absolute atomic E-state index is 11.2. The van der Waals surface area contributed by atoms with Crippen LogP contribution in [0.1, 0.15) is 13.8 Å². The molecule has 0 aliphatic heterocycles. The number of phenolic OH excluding ortho intramolecular Hbond substituents is 1. The standard InChI is InChI=1S/C11H10N4O7/c1-5(16)10(6(2)17)13-12-8-3-7(14(19)20)4-9(11(8)18)15(21)22/h3-4,16,18H,1-2H3/b10-5-,13-12?. The van der Waals surface area contributed by atoms with E-state index in [2.05, 4.69) is 10.2 Å². The molecule has 0 saturated heterocycles. The van der Waals surface area contributed by atoms with Crippen LogP contribution in [0.2, 0.25) is 0 Å². The molecule has 0 fully saturated rings. The first-order valence-electron chi connectivity index (χ1n) is 5.63. The summed E-state index contributed by atoms with van der Waals surface area (Å²) in [4.78, 5) is 30.7. The van der Waals surface area contributed by atoms with E-state index in [-0.39, 0.29) is 0 Å². The first-order valence-corrected chi connectivity index (χ1v) is 5.63. The van der Waals surface area contributed by atoms with Gasteiger partial charge in [0.15, 0.2) is 11.5 Å². The second-order valence-electron chi connectivity index (χ2n) is 4.04. The van der Waals surface area contributed by atoms with E-state index >= 15 is 0 Å². The average molecular weight is 310 g/mol. The molecule has 11 heteroatoms. The Labute approximate surface area is 122 Å². The topological polar surface area (TPSA) is 169 Å². The van der Waals surface area contributed by atoms with Gasteiger partial charge in [0, 0.05) is 13.0 Å². The molecule has 2 N–H and O–H groups in total. The molecule has 11 nitrogen and oxygen atoms in total. The highest BCUT2D eigenvalue weighted by Crippen LogP contribution is 2.40. The van der Waals surface area contributed by atoms with Gasteiger partial charge >= 0.3 is 5.69 Å². The monoisotopic (exact) mass is 310 g/mol. The van der Waals surface area contributed by atoms with Gasteiger partial charge in [-0.1, -0.05) is 0 Å². The molecule has 0 heterocycles. The van der Waals surface area contributed by atoms with Crippen LogP contribution in [0.15, 0.2) is 33.8 Å². The number of Topliss-reactive ketones (excluding diaryl/α,β-unsaturated/α-hetero) is 1. The summed E-state index contributed by atoms with van der Waals surface area (Å²) < 4.78 is 0. The fourth-order valence-electron chi connectivity index (χ4n) is 1.41. The van der Waals surface area contributed by atoms with E-state index in [1.807, 2.05) is 0 Å². The largest absolute Gasteiger partial charge is 0.510 e. The van der Waals surface area contributed by atoms with E-state index in [0.29, 0.717) is 6.07 Å². The van der Waals surface area contributed by atoms with Crippen molar-refractivity contribution in [3.05, 3.63) is 43.8 Å². The summed E-state index contributed by atoms with van der Waals surface area (Å²) in [7, 11) is 0. The third-order valence-electron chi connectivity index (χ3n) is 2.40. The molecule has 0 aromatic heterocycles. The second kappa shape index (κ2) is 6.39. The van der Waals surface area contributed by atoms with Crippen LogP contribution in [0.3, 0.4) is 0 Å². The highest BCUT2D eigenvalue weighted by atomic mass is 16.6. The fourth-order valence-corrected chi connectivity index (χ4v) is 1.41. The normalized spacial score (nSPS) is 12.1. The third-order valence-corrected chi connectivity index (χ3v) is 2.40. The molecule has 0 atom stereocenters. The number of nitro groups is 2. The number of allylic oxidation sites excluding steroid dienone is 2. The Bertz CT molecular complexity index is 719. The molecule has 22 heavy (non-hydrogen) atoms. The smallest absolute Gasteiger partial charge is 0.319 e.